The minimum atomic E-state index is -4.57. The van der Waals surface area contributed by atoms with Crippen molar-refractivity contribution in [2.75, 3.05) is 36.5 Å². The number of hydrogen-bond acceptors (Lipinski definition) is 5. The van der Waals surface area contributed by atoms with Crippen LogP contribution in [0.4, 0.5) is 24.8 Å². The fraction of sp³-hybridized carbons (Fsp3) is 0.692. The fourth-order valence-corrected chi connectivity index (χ4v) is 2.34. The van der Waals surface area contributed by atoms with Crippen LogP contribution in [0.15, 0.2) is 6.07 Å². The van der Waals surface area contributed by atoms with E-state index in [-0.39, 0.29) is 24.2 Å². The van der Waals surface area contributed by atoms with Gasteiger partial charge < -0.3 is 15.3 Å². The van der Waals surface area contributed by atoms with E-state index in [1.165, 1.54) is 6.07 Å². The monoisotopic (exact) mass is 304 g/mol. The molecule has 0 unspecified atom stereocenters. The molecule has 0 atom stereocenters. The van der Waals surface area contributed by atoms with E-state index in [2.05, 4.69) is 15.3 Å². The lowest BCUT2D eigenvalue weighted by molar-refractivity contribution is -0.144. The Kier molecular flexibility index (Phi) is 4.87. The minimum absolute atomic E-state index is 0.119. The highest BCUT2D eigenvalue weighted by molar-refractivity contribution is 5.50. The van der Waals surface area contributed by atoms with Crippen molar-refractivity contribution in [3.05, 3.63) is 11.9 Å². The third kappa shape index (κ3) is 3.96. The van der Waals surface area contributed by atoms with Gasteiger partial charge in [0.1, 0.15) is 11.6 Å². The molecule has 1 fully saturated rings. The Morgan fingerprint density at radius 3 is 2.52 bits per heavy atom. The fourth-order valence-electron chi connectivity index (χ4n) is 2.34. The Bertz CT molecular complexity index is 473. The van der Waals surface area contributed by atoms with Crippen molar-refractivity contribution in [2.45, 2.75) is 25.9 Å². The van der Waals surface area contributed by atoms with Crippen molar-refractivity contribution in [1.82, 2.24) is 9.97 Å². The number of anilines is 2. The molecule has 1 aromatic heterocycles. The highest BCUT2D eigenvalue weighted by Crippen LogP contribution is 2.30. The maximum atomic E-state index is 12.9. The van der Waals surface area contributed by atoms with Gasteiger partial charge >= 0.3 is 6.18 Å². The van der Waals surface area contributed by atoms with Crippen LogP contribution in [0.2, 0.25) is 0 Å². The molecule has 2 rings (SSSR count). The summed E-state index contributed by atoms with van der Waals surface area (Å²) in [5.41, 5.74) is 0. The summed E-state index contributed by atoms with van der Waals surface area (Å²) >= 11 is 0. The van der Waals surface area contributed by atoms with Gasteiger partial charge in [0.05, 0.1) is 0 Å². The van der Waals surface area contributed by atoms with Gasteiger partial charge in [-0.3, -0.25) is 0 Å². The van der Waals surface area contributed by atoms with E-state index in [0.29, 0.717) is 19.6 Å². The first-order chi connectivity index (χ1) is 9.94. The molecule has 21 heavy (non-hydrogen) atoms. The molecule has 118 valence electrons. The number of aromatic nitrogens is 2. The molecule has 1 aromatic rings. The van der Waals surface area contributed by atoms with Gasteiger partial charge in [-0.15, -0.1) is 0 Å². The second kappa shape index (κ2) is 6.46. The number of piperidine rings is 1. The van der Waals surface area contributed by atoms with Gasteiger partial charge in [-0.1, -0.05) is 0 Å². The lowest BCUT2D eigenvalue weighted by atomic mass is 9.98. The maximum absolute atomic E-state index is 12.9. The molecule has 0 saturated carbocycles. The number of nitrogens with one attached hydrogen (secondary N) is 1. The molecule has 0 aliphatic carbocycles. The molecule has 2 heterocycles. The molecule has 0 amide bonds. The lowest BCUT2D eigenvalue weighted by Gasteiger charge is -2.32. The van der Waals surface area contributed by atoms with E-state index in [1.807, 2.05) is 4.90 Å². The molecule has 0 radical (unpaired) electrons. The maximum Gasteiger partial charge on any atom is 0.451 e. The van der Waals surface area contributed by atoms with Crippen LogP contribution in [0.1, 0.15) is 25.6 Å². The first-order valence-corrected chi connectivity index (χ1v) is 7.00. The molecule has 8 heteroatoms. The van der Waals surface area contributed by atoms with Crippen LogP contribution in [0.5, 0.6) is 0 Å². The summed E-state index contributed by atoms with van der Waals surface area (Å²) in [6.07, 6.45) is -3.07. The second-order valence-electron chi connectivity index (χ2n) is 5.08. The van der Waals surface area contributed by atoms with E-state index in [1.54, 1.807) is 6.92 Å². The van der Waals surface area contributed by atoms with Crippen LogP contribution in [0.3, 0.4) is 0 Å². The van der Waals surface area contributed by atoms with Crippen molar-refractivity contribution in [2.24, 2.45) is 5.92 Å². The topological polar surface area (TPSA) is 61.3 Å². The molecule has 1 aliphatic heterocycles. The van der Waals surface area contributed by atoms with E-state index >= 15 is 0 Å². The van der Waals surface area contributed by atoms with Crippen LogP contribution < -0.4 is 10.2 Å². The van der Waals surface area contributed by atoms with Gasteiger partial charge in [-0.25, -0.2) is 9.97 Å². The second-order valence-corrected chi connectivity index (χ2v) is 5.08. The summed E-state index contributed by atoms with van der Waals surface area (Å²) in [6, 6.07) is 1.54. The lowest BCUT2D eigenvalue weighted by Crippen LogP contribution is -2.35. The van der Waals surface area contributed by atoms with Crippen molar-refractivity contribution in [3.8, 4) is 0 Å². The first kappa shape index (κ1) is 15.8. The molecule has 0 spiro atoms. The summed E-state index contributed by atoms with van der Waals surface area (Å²) < 4.78 is 38.6. The average Bonchev–Trinajstić information content (AvgIpc) is 2.46. The number of halogens is 3. The van der Waals surface area contributed by atoms with Crippen molar-refractivity contribution >= 4 is 11.6 Å². The van der Waals surface area contributed by atoms with Gasteiger partial charge in [-0.2, -0.15) is 13.2 Å². The molecule has 1 aliphatic rings. The van der Waals surface area contributed by atoms with E-state index in [9.17, 15) is 13.2 Å². The number of aliphatic hydroxyl groups is 1. The van der Waals surface area contributed by atoms with Crippen LogP contribution in [0, 0.1) is 5.92 Å². The summed E-state index contributed by atoms with van der Waals surface area (Å²) in [6.45, 7) is 3.58. The molecule has 0 bridgehead atoms. The number of rotatable bonds is 4. The molecule has 5 nitrogen and oxygen atoms in total. The Hall–Kier alpha value is -1.57. The van der Waals surface area contributed by atoms with Crippen LogP contribution in [-0.4, -0.2) is 41.3 Å². The number of hydrogen-bond donors (Lipinski definition) is 2. The number of nitrogens with zero attached hydrogens (tertiary/aromatic N) is 3. The first-order valence-electron chi connectivity index (χ1n) is 7.00. The van der Waals surface area contributed by atoms with Crippen LogP contribution in [-0.2, 0) is 6.18 Å². The van der Waals surface area contributed by atoms with Crippen molar-refractivity contribution in [1.29, 1.82) is 0 Å². The third-order valence-corrected chi connectivity index (χ3v) is 3.52. The summed E-state index contributed by atoms with van der Waals surface area (Å²) in [4.78, 5) is 8.96. The summed E-state index contributed by atoms with van der Waals surface area (Å²) in [5.74, 6) is -0.442. The third-order valence-electron chi connectivity index (χ3n) is 3.52. The average molecular weight is 304 g/mol. The van der Waals surface area contributed by atoms with Crippen molar-refractivity contribution in [3.63, 3.8) is 0 Å². The largest absolute Gasteiger partial charge is 0.451 e. The highest BCUT2D eigenvalue weighted by atomic mass is 19.4. The predicted octanol–water partition coefficient (Wildman–Crippen LogP) is 2.14. The van der Waals surface area contributed by atoms with Crippen LogP contribution >= 0.6 is 0 Å². The normalized spacial score (nSPS) is 17.1. The Morgan fingerprint density at radius 2 is 2.00 bits per heavy atom. The SMILES string of the molecule is CCNc1cc(N2CCC(CO)CC2)nc(C(F)(F)F)n1. The standard InChI is InChI=1S/C13H19F3N4O/c1-2-17-10-7-11(19-12(18-10)13(14,15)16)20-5-3-9(8-21)4-6-20/h7,9,21H,2-6,8H2,1H3,(H,17,18,19). The molecule has 0 aromatic carbocycles. The Morgan fingerprint density at radius 1 is 1.33 bits per heavy atom. The van der Waals surface area contributed by atoms with Gasteiger partial charge in [0, 0.05) is 32.3 Å². The van der Waals surface area contributed by atoms with Gasteiger partial charge in [-0.05, 0) is 25.7 Å². The summed E-state index contributed by atoms with van der Waals surface area (Å²) in [7, 11) is 0. The Labute approximate surface area is 121 Å². The highest BCUT2D eigenvalue weighted by Gasteiger charge is 2.36. The predicted molar refractivity (Wildman–Crippen MR) is 73.2 cm³/mol. The van der Waals surface area contributed by atoms with E-state index in [4.69, 9.17) is 5.11 Å². The Balaban J connectivity index is 2.24. The number of alkyl halides is 3. The van der Waals surface area contributed by atoms with Gasteiger partial charge in [0.25, 0.3) is 0 Å². The zero-order valence-electron chi connectivity index (χ0n) is 11.8. The zero-order chi connectivity index (χ0) is 15.5. The number of aliphatic hydroxyl groups excluding tert-OH is 1. The molecule has 1 saturated heterocycles. The zero-order valence-corrected chi connectivity index (χ0v) is 11.8. The quantitative estimate of drug-likeness (QED) is 0.892. The van der Waals surface area contributed by atoms with Gasteiger partial charge in [0.2, 0.25) is 5.82 Å². The molecule has 2 N–H and O–H groups in total. The van der Waals surface area contributed by atoms with Crippen molar-refractivity contribution < 1.29 is 18.3 Å². The van der Waals surface area contributed by atoms with E-state index in [0.717, 1.165) is 12.8 Å². The molecular formula is C13H19F3N4O. The summed E-state index contributed by atoms with van der Waals surface area (Å²) in [5, 5.41) is 11.9. The minimum Gasteiger partial charge on any atom is -0.396 e. The van der Waals surface area contributed by atoms with Gasteiger partial charge in [0.15, 0.2) is 0 Å². The smallest absolute Gasteiger partial charge is 0.396 e. The van der Waals surface area contributed by atoms with Crippen LogP contribution in [0.25, 0.3) is 0 Å². The molecular weight excluding hydrogens is 285 g/mol. The van der Waals surface area contributed by atoms with E-state index < -0.39 is 12.0 Å².